The van der Waals surface area contributed by atoms with E-state index in [-0.39, 0.29) is 30.1 Å². The number of anilines is 3. The first kappa shape index (κ1) is 87.6. The number of nitriles is 3. The highest BCUT2D eigenvalue weighted by Crippen LogP contribution is 2.45. The topological polar surface area (TPSA) is 357 Å². The molecule has 0 saturated heterocycles. The number of nitrogens with one attached hydrogen (secondary N) is 2. The zero-order chi connectivity index (χ0) is 89.6. The molecular formula is C97H106N30O2. The third-order valence-electron chi connectivity index (χ3n) is 26.8. The number of amides is 2. The van der Waals surface area contributed by atoms with E-state index in [4.69, 9.17) is 25.5 Å². The minimum absolute atomic E-state index is 0.0973. The highest BCUT2D eigenvalue weighted by Gasteiger charge is 2.34. The summed E-state index contributed by atoms with van der Waals surface area (Å²) in [6, 6.07) is 23.9. The lowest BCUT2D eigenvalue weighted by Crippen LogP contribution is -2.20. The normalized spacial score (nSPS) is 16.0. The first-order valence-electron chi connectivity index (χ1n) is 45.0. The molecule has 0 bridgehead atoms. The molecule has 32 heteroatoms. The minimum atomic E-state index is 0.0973. The SMILES string of the molecule is CCC(C1CCCC1)n1cc(-c2nc(N)nn3cccc23)cn1.Cc1cc2c(-c3cnn(C(CC#N)C4CCCC4)c3)c(NC=O)cnn2c1.Cc1ccc2c(-c3cnn(C(CC#N)C4CCCC4)c3)c(NC=O)cnn12.[C-]#[N+]CC(C1CCCC1)n1cc(-c2c([N+]#[C-])cnn3c(C)ccc23)cn1.[C-]#[N+]c1cnn2cc(C)cc2c1-c1cnn(C(CC#N)C2CCCC2)c1. The van der Waals surface area contributed by atoms with Gasteiger partial charge < -0.3 is 21.2 Å². The van der Waals surface area contributed by atoms with Gasteiger partial charge in [0.1, 0.15) is 11.7 Å². The van der Waals surface area contributed by atoms with Gasteiger partial charge in [0.2, 0.25) is 36.7 Å². The number of nitrogens with zero attached hydrogens (tertiary/aromatic N) is 27. The van der Waals surface area contributed by atoms with E-state index in [2.05, 4.69) is 117 Å². The molecule has 0 aromatic carbocycles. The Morgan fingerprint density at radius 3 is 1.24 bits per heavy atom. The van der Waals surface area contributed by atoms with E-state index in [1.54, 1.807) is 33.8 Å². The molecule has 15 aromatic rings. The van der Waals surface area contributed by atoms with Gasteiger partial charge in [-0.2, -0.15) is 61.7 Å². The van der Waals surface area contributed by atoms with E-state index < -0.39 is 0 Å². The predicted molar refractivity (Wildman–Crippen MR) is 493 cm³/mol. The van der Waals surface area contributed by atoms with Crippen molar-refractivity contribution in [3.63, 3.8) is 0 Å². The van der Waals surface area contributed by atoms with Gasteiger partial charge in [-0.3, -0.25) is 33.0 Å². The summed E-state index contributed by atoms with van der Waals surface area (Å²) in [5.41, 5.74) is 26.0. The molecule has 5 saturated carbocycles. The molecule has 32 nitrogen and oxygen atoms in total. The largest absolute Gasteiger partial charge is 0.367 e. The van der Waals surface area contributed by atoms with E-state index in [1.165, 1.54) is 89.9 Å². The van der Waals surface area contributed by atoms with Gasteiger partial charge in [-0.05, 0) is 188 Å². The van der Waals surface area contributed by atoms with Gasteiger partial charge in [0.15, 0.2) is 0 Å². The first-order chi connectivity index (χ1) is 63.1. The number of fused-ring (bicyclic) bond motifs is 5. The molecular weight excluding hydrogens is 1620 g/mol. The molecule has 5 aliphatic rings. The number of nitrogen functional groups attached to an aromatic ring is 1. The smallest absolute Gasteiger partial charge is 0.238 e. The molecule has 0 radical (unpaired) electrons. The molecule has 20 rings (SSSR count). The van der Waals surface area contributed by atoms with Crippen molar-refractivity contribution in [1.29, 1.82) is 15.8 Å². The van der Waals surface area contributed by atoms with Crippen LogP contribution in [0.3, 0.4) is 0 Å². The summed E-state index contributed by atoms with van der Waals surface area (Å²) in [6.45, 7) is 33.1. The second-order valence-electron chi connectivity index (χ2n) is 34.8. The number of carbonyl (C=O) groups excluding carboxylic acids is 2. The molecule has 0 aliphatic heterocycles. The maximum absolute atomic E-state index is 11.1. The molecule has 0 spiro atoms. The zero-order valence-electron chi connectivity index (χ0n) is 73.5. The van der Waals surface area contributed by atoms with Crippen molar-refractivity contribution in [2.24, 2.45) is 29.6 Å². The fourth-order valence-electron chi connectivity index (χ4n) is 20.5. The van der Waals surface area contributed by atoms with Crippen LogP contribution in [0.4, 0.5) is 28.7 Å². The third kappa shape index (κ3) is 18.7. The molecule has 5 unspecified atom stereocenters. The average molecular weight is 1720 g/mol. The minimum Gasteiger partial charge on any atom is -0.367 e. The van der Waals surface area contributed by atoms with Crippen molar-refractivity contribution >= 4 is 69.1 Å². The van der Waals surface area contributed by atoms with Crippen LogP contribution >= 0.6 is 0 Å². The lowest BCUT2D eigenvalue weighted by Gasteiger charge is -2.22. The highest BCUT2D eigenvalue weighted by atomic mass is 16.1. The number of rotatable bonds is 24. The van der Waals surface area contributed by atoms with Crippen LogP contribution in [0, 0.1) is 111 Å². The molecule has 5 aliphatic carbocycles. The molecule has 15 aromatic heterocycles. The maximum Gasteiger partial charge on any atom is 0.238 e. The second-order valence-corrected chi connectivity index (χ2v) is 34.8. The highest BCUT2D eigenvalue weighted by molar-refractivity contribution is 5.96. The van der Waals surface area contributed by atoms with Crippen LogP contribution in [-0.4, -0.2) is 121 Å². The van der Waals surface area contributed by atoms with Crippen LogP contribution in [0.5, 0.6) is 0 Å². The molecule has 129 heavy (non-hydrogen) atoms. The number of carbonyl (C=O) groups is 2. The fourth-order valence-corrected chi connectivity index (χ4v) is 20.5. The summed E-state index contributed by atoms with van der Waals surface area (Å²) in [5, 5.41) is 78.0. The van der Waals surface area contributed by atoms with E-state index in [9.17, 15) is 25.4 Å². The molecule has 656 valence electrons. The van der Waals surface area contributed by atoms with Gasteiger partial charge in [-0.15, -0.1) is 5.10 Å². The summed E-state index contributed by atoms with van der Waals surface area (Å²) >= 11 is 0. The Labute approximate surface area is 748 Å². The van der Waals surface area contributed by atoms with Crippen molar-refractivity contribution < 1.29 is 9.59 Å². The Morgan fingerprint density at radius 2 is 0.798 bits per heavy atom. The van der Waals surface area contributed by atoms with Crippen molar-refractivity contribution in [3.8, 4) is 74.0 Å². The van der Waals surface area contributed by atoms with E-state index in [0.717, 1.165) is 157 Å². The Balaban J connectivity index is 0.000000118. The zero-order valence-corrected chi connectivity index (χ0v) is 73.5. The van der Waals surface area contributed by atoms with Gasteiger partial charge in [-0.25, -0.2) is 43.8 Å². The molecule has 5 atom stereocenters. The lowest BCUT2D eigenvalue weighted by molar-refractivity contribution is -0.106. The first-order valence-corrected chi connectivity index (χ1v) is 45.0. The molecule has 5 fully saturated rings. The number of nitrogens with two attached hydrogens (primary N) is 1. The van der Waals surface area contributed by atoms with Crippen LogP contribution < -0.4 is 16.4 Å². The van der Waals surface area contributed by atoms with Crippen molar-refractivity contribution in [2.75, 3.05) is 22.9 Å². The van der Waals surface area contributed by atoms with Gasteiger partial charge in [0.05, 0.1) is 170 Å². The molecule has 2 amide bonds. The maximum atomic E-state index is 11.1. The van der Waals surface area contributed by atoms with Crippen LogP contribution in [0.15, 0.2) is 154 Å². The Bertz CT molecular complexity index is 6540. The van der Waals surface area contributed by atoms with E-state index >= 15 is 0 Å². The van der Waals surface area contributed by atoms with Gasteiger partial charge in [0.25, 0.3) is 0 Å². The van der Waals surface area contributed by atoms with Crippen LogP contribution in [0.25, 0.3) is 97.9 Å². The number of hydrogen-bond donors (Lipinski definition) is 3. The average Bonchev–Trinajstić information content (AvgIpc) is 1.66. The van der Waals surface area contributed by atoms with Crippen molar-refractivity contribution in [1.82, 2.24) is 102 Å². The predicted octanol–water partition coefficient (Wildman–Crippen LogP) is 20.2. The van der Waals surface area contributed by atoms with E-state index in [0.29, 0.717) is 91.1 Å². The summed E-state index contributed by atoms with van der Waals surface area (Å²) < 4.78 is 19.0. The summed E-state index contributed by atoms with van der Waals surface area (Å²) in [4.78, 5) is 37.5. The van der Waals surface area contributed by atoms with Gasteiger partial charge >= 0.3 is 0 Å². The quantitative estimate of drug-likeness (QED) is 0.0374. The Morgan fingerprint density at radius 1 is 0.434 bits per heavy atom. The molecule has 15 heterocycles. The summed E-state index contributed by atoms with van der Waals surface area (Å²) in [7, 11) is 0. The fraction of sp³-hybridized carbons (Fsp3) is 0.412. The van der Waals surface area contributed by atoms with E-state index in [1.807, 2.05) is 183 Å². The van der Waals surface area contributed by atoms with Crippen LogP contribution in [-0.2, 0) is 9.59 Å². The van der Waals surface area contributed by atoms with Gasteiger partial charge in [-0.1, -0.05) is 71.1 Å². The lowest BCUT2D eigenvalue weighted by atomic mass is 9.96. The van der Waals surface area contributed by atoms with Gasteiger partial charge in [0, 0.05) is 111 Å². The van der Waals surface area contributed by atoms with Crippen molar-refractivity contribution in [2.45, 2.75) is 219 Å². The summed E-state index contributed by atoms with van der Waals surface area (Å²) in [6.07, 6.45) is 59.8. The molecule has 4 N–H and O–H groups in total. The summed E-state index contributed by atoms with van der Waals surface area (Å²) in [5.74, 6) is 3.05. The number of aromatic nitrogens is 21. The third-order valence-corrected chi connectivity index (χ3v) is 26.8. The second kappa shape index (κ2) is 40.2. The van der Waals surface area contributed by atoms with Crippen LogP contribution in [0.2, 0.25) is 0 Å². The Kier molecular flexibility index (Phi) is 27.3. The number of aryl methyl sites for hydroxylation is 4. The standard InChI is InChI=1S/2C20H22N6O.2C20H20N6.C17H22N6/c1-14-8-19-20(17(22-13-27)10-24-25(19)11-14)16-9-23-26(12-16)18(6-7-21)15-4-2-3-5-15;1-14-6-7-19-20(17(22-13-27)11-24-26(14)19)16-10-23-25(12-16)18(8-9-21)15-4-2-3-5-15;1-14-8-9-18-20(17(22-3)11-24-26(14)18)16-10-23-25(13-16)19(12-21-2)15-6-4-5-7-15;1-14-9-19-20(17(22-2)11-24-25(19)12-14)16-10-23-26(13-16)18(7-8-21)15-5-3-4-6-15;1-2-14(12-6-3-4-7-12)23-11-13(10-19-23)16-15-8-5-9-22(15)21-17(18)20-16/h8-13,15,18H,2-6H2,1H3,(H,22,27);6-7,10-13,15,18H,2-5,8H2,1H3,(H,22,27);8-11,13,15,19H,4-7,12H2,1H3;9-13,15,18H,3-7H2,1H3;5,8-12,14H,2-4,6-7H2,1H3,(H2,18,21). The monoisotopic (exact) mass is 1720 g/mol. The van der Waals surface area contributed by atoms with Crippen LogP contribution in [0.1, 0.15) is 214 Å². The number of hydrogen-bond acceptors (Lipinski definition) is 17. The Hall–Kier alpha value is -14.9. The van der Waals surface area contributed by atoms with Crippen molar-refractivity contribution in [3.05, 3.63) is 211 Å².